The molecule has 2 heterocycles. The Morgan fingerprint density at radius 3 is 2.70 bits per heavy atom. The van der Waals surface area contributed by atoms with Crippen molar-refractivity contribution in [3.8, 4) is 0 Å². The molecule has 0 spiro atoms. The Hall–Kier alpha value is -1.29. The Morgan fingerprint density at radius 1 is 1.50 bits per heavy atom. The third-order valence-electron chi connectivity index (χ3n) is 0.796. The molecule has 1 aliphatic rings. The second kappa shape index (κ2) is 4.58. The molecule has 0 amide bonds. The molecule has 0 atom stereocenters. The van der Waals surface area contributed by atoms with E-state index in [4.69, 9.17) is 0 Å². The molecular formula is C6H8N2O2. The van der Waals surface area contributed by atoms with Gasteiger partial charge in [0.25, 0.3) is 0 Å². The maximum atomic E-state index is 4.51. The quantitative estimate of drug-likeness (QED) is 0.576. The van der Waals surface area contributed by atoms with Crippen LogP contribution in [-0.4, -0.2) is 11.5 Å². The van der Waals surface area contributed by atoms with E-state index < -0.39 is 0 Å². The first-order chi connectivity index (χ1) is 5.00. The highest BCUT2D eigenvalue weighted by atomic mass is 16.6. The zero-order valence-corrected chi connectivity index (χ0v) is 5.36. The van der Waals surface area contributed by atoms with Gasteiger partial charge in [-0.15, -0.1) is 0 Å². The minimum Gasteiger partial charge on any atom is -0.452 e. The Labute approximate surface area is 58.5 Å². The van der Waals surface area contributed by atoms with Crippen LogP contribution in [0.15, 0.2) is 35.6 Å². The molecule has 2 rings (SSSR count). The van der Waals surface area contributed by atoms with Crippen molar-refractivity contribution in [1.82, 2.24) is 10.5 Å². The fourth-order valence-electron chi connectivity index (χ4n) is 0.416. The summed E-state index contributed by atoms with van der Waals surface area (Å²) in [4.78, 5) is 8.07. The summed E-state index contributed by atoms with van der Waals surface area (Å²) in [6.45, 7) is 0.847. The second-order valence-corrected chi connectivity index (χ2v) is 1.51. The fourth-order valence-corrected chi connectivity index (χ4v) is 0.416. The van der Waals surface area contributed by atoms with E-state index in [2.05, 4.69) is 19.7 Å². The monoisotopic (exact) mass is 140 g/mol. The minimum atomic E-state index is 0.847. The maximum Gasteiger partial charge on any atom is 0.180 e. The average molecular weight is 140 g/mol. The molecule has 0 unspecified atom stereocenters. The molecule has 0 bridgehead atoms. The largest absolute Gasteiger partial charge is 0.452 e. The van der Waals surface area contributed by atoms with Gasteiger partial charge in [0.15, 0.2) is 6.39 Å². The zero-order chi connectivity index (χ0) is 7.07. The lowest BCUT2D eigenvalue weighted by Crippen LogP contribution is -2.02. The first-order valence-electron chi connectivity index (χ1n) is 2.86. The van der Waals surface area contributed by atoms with Gasteiger partial charge in [-0.25, -0.2) is 4.98 Å². The molecule has 1 aliphatic heterocycles. The minimum absolute atomic E-state index is 0.847. The highest BCUT2D eigenvalue weighted by Crippen LogP contribution is 1.77. The Kier molecular flexibility index (Phi) is 3.12. The van der Waals surface area contributed by atoms with Crippen molar-refractivity contribution < 1.29 is 9.25 Å². The molecule has 4 heteroatoms. The fraction of sp³-hybridized carbons (Fsp3) is 0.167. The van der Waals surface area contributed by atoms with Crippen molar-refractivity contribution in [2.24, 2.45) is 0 Å². The Morgan fingerprint density at radius 2 is 2.50 bits per heavy atom. The van der Waals surface area contributed by atoms with Crippen LogP contribution in [0.25, 0.3) is 0 Å². The van der Waals surface area contributed by atoms with Crippen molar-refractivity contribution in [3.63, 3.8) is 0 Å². The summed E-state index contributed by atoms with van der Waals surface area (Å²) < 4.78 is 4.47. The van der Waals surface area contributed by atoms with Crippen LogP contribution in [0.1, 0.15) is 0 Å². The molecule has 0 aromatic carbocycles. The van der Waals surface area contributed by atoms with Crippen LogP contribution in [0.4, 0.5) is 0 Å². The highest BCUT2D eigenvalue weighted by Gasteiger charge is 1.81. The van der Waals surface area contributed by atoms with E-state index in [9.17, 15) is 0 Å². The zero-order valence-electron chi connectivity index (χ0n) is 5.36. The van der Waals surface area contributed by atoms with Crippen molar-refractivity contribution in [2.75, 3.05) is 6.54 Å². The van der Waals surface area contributed by atoms with Gasteiger partial charge >= 0.3 is 0 Å². The van der Waals surface area contributed by atoms with Gasteiger partial charge in [-0.1, -0.05) is 0 Å². The van der Waals surface area contributed by atoms with E-state index in [-0.39, 0.29) is 0 Å². The molecule has 1 N–H and O–H groups in total. The van der Waals surface area contributed by atoms with Gasteiger partial charge < -0.3 is 9.25 Å². The van der Waals surface area contributed by atoms with E-state index in [1.165, 1.54) is 12.7 Å². The van der Waals surface area contributed by atoms with E-state index in [0.29, 0.717) is 0 Å². The van der Waals surface area contributed by atoms with Crippen LogP contribution < -0.4 is 5.48 Å². The number of hydroxylamine groups is 1. The molecule has 0 aliphatic carbocycles. The Balaban J connectivity index is 0.0000001000. The van der Waals surface area contributed by atoms with Crippen LogP contribution in [0.2, 0.25) is 0 Å². The van der Waals surface area contributed by atoms with Gasteiger partial charge in [-0.2, -0.15) is 5.48 Å². The number of aromatic nitrogens is 1. The first-order valence-corrected chi connectivity index (χ1v) is 2.86. The molecule has 0 saturated heterocycles. The number of nitrogens with one attached hydrogen (secondary N) is 1. The smallest absolute Gasteiger partial charge is 0.180 e. The summed E-state index contributed by atoms with van der Waals surface area (Å²) in [6.07, 6.45) is 8.00. The van der Waals surface area contributed by atoms with Gasteiger partial charge in [0.05, 0.1) is 12.7 Å². The predicted octanol–water partition coefficient (Wildman–Crippen LogP) is 0.710. The normalized spacial score (nSPS) is 13.6. The van der Waals surface area contributed by atoms with E-state index >= 15 is 0 Å². The average Bonchev–Trinajstić information content (AvgIpc) is 2.67. The standard InChI is InChI=1S/C3H3NO.C3H5NO/c1-2-5-3-4-1;1-2-4-5-3-1/h1-3H;1,3-4H,2H2. The topological polar surface area (TPSA) is 47.3 Å². The van der Waals surface area contributed by atoms with Crippen molar-refractivity contribution in [3.05, 3.63) is 31.2 Å². The summed E-state index contributed by atoms with van der Waals surface area (Å²) in [5, 5.41) is 0. The van der Waals surface area contributed by atoms with Crippen LogP contribution >= 0.6 is 0 Å². The van der Waals surface area contributed by atoms with Crippen LogP contribution in [0.3, 0.4) is 0 Å². The van der Waals surface area contributed by atoms with Gasteiger partial charge in [0.1, 0.15) is 12.5 Å². The van der Waals surface area contributed by atoms with E-state index in [0.717, 1.165) is 6.54 Å². The molecule has 0 fully saturated rings. The molecule has 0 radical (unpaired) electrons. The third-order valence-corrected chi connectivity index (χ3v) is 0.796. The lowest BCUT2D eigenvalue weighted by atomic mass is 10.7. The van der Waals surface area contributed by atoms with Crippen molar-refractivity contribution >= 4 is 0 Å². The molecule has 10 heavy (non-hydrogen) atoms. The molecule has 1 aromatic heterocycles. The highest BCUT2D eigenvalue weighted by molar-refractivity contribution is 4.78. The van der Waals surface area contributed by atoms with Gasteiger partial charge in [0.2, 0.25) is 0 Å². The molecular weight excluding hydrogens is 132 g/mol. The van der Waals surface area contributed by atoms with Crippen molar-refractivity contribution in [2.45, 2.75) is 0 Å². The SMILES string of the molecule is C1=CONC1.c1cocn1. The molecule has 4 nitrogen and oxygen atoms in total. The summed E-state index contributed by atoms with van der Waals surface area (Å²) >= 11 is 0. The van der Waals surface area contributed by atoms with Crippen LogP contribution in [0.5, 0.6) is 0 Å². The lowest BCUT2D eigenvalue weighted by molar-refractivity contribution is 0.168. The number of nitrogens with zero attached hydrogens (tertiary/aromatic N) is 1. The summed E-state index contributed by atoms with van der Waals surface area (Å²) in [6, 6.07) is 0. The van der Waals surface area contributed by atoms with Crippen molar-refractivity contribution in [1.29, 1.82) is 0 Å². The number of rotatable bonds is 0. The molecule has 0 saturated carbocycles. The van der Waals surface area contributed by atoms with E-state index in [1.54, 1.807) is 12.5 Å². The van der Waals surface area contributed by atoms with Gasteiger partial charge in [-0.3, -0.25) is 0 Å². The molecule has 54 valence electrons. The lowest BCUT2D eigenvalue weighted by Gasteiger charge is -1.82. The summed E-state index contributed by atoms with van der Waals surface area (Å²) in [5.41, 5.74) is 2.61. The summed E-state index contributed by atoms with van der Waals surface area (Å²) in [5.74, 6) is 0. The number of hydrogen-bond donors (Lipinski definition) is 1. The first kappa shape index (κ1) is 6.82. The third kappa shape index (κ3) is 2.88. The molecule has 1 aromatic rings. The second-order valence-electron chi connectivity index (χ2n) is 1.51. The number of oxazole rings is 1. The Bertz CT molecular complexity index is 149. The van der Waals surface area contributed by atoms with Gasteiger partial charge in [-0.05, 0) is 6.08 Å². The predicted molar refractivity (Wildman–Crippen MR) is 34.7 cm³/mol. The van der Waals surface area contributed by atoms with Gasteiger partial charge in [0, 0.05) is 0 Å². The number of hydrogen-bond acceptors (Lipinski definition) is 4. The van der Waals surface area contributed by atoms with Crippen LogP contribution in [-0.2, 0) is 4.84 Å². The maximum absolute atomic E-state index is 4.51. The van der Waals surface area contributed by atoms with Crippen LogP contribution in [0, 0.1) is 0 Å². The van der Waals surface area contributed by atoms with E-state index in [1.807, 2.05) is 6.08 Å². The summed E-state index contributed by atoms with van der Waals surface area (Å²) in [7, 11) is 0.